The van der Waals surface area contributed by atoms with Gasteiger partial charge in [-0.25, -0.2) is 4.79 Å². The van der Waals surface area contributed by atoms with E-state index in [1.165, 1.54) is 42.2 Å². The second-order valence-electron chi connectivity index (χ2n) is 5.46. The standard InChI is InChI=1S/C17H19N3O4S2/c1-20(2)11-19-26(22,23)15-10-12(17(21)24-3)9-14(18)16(15)25-13-7-5-4-6-8-13/h4-11H,18H2,1-3H3. The van der Waals surface area contributed by atoms with Crippen LogP contribution in [0.5, 0.6) is 0 Å². The van der Waals surface area contributed by atoms with Crippen molar-refractivity contribution in [3.63, 3.8) is 0 Å². The third-order valence-corrected chi connectivity index (χ3v) is 5.71. The van der Waals surface area contributed by atoms with E-state index in [0.29, 0.717) is 4.90 Å². The van der Waals surface area contributed by atoms with E-state index in [4.69, 9.17) is 5.73 Å². The molecule has 2 aromatic rings. The minimum Gasteiger partial charge on any atom is -0.465 e. The number of carbonyl (C=O) groups is 1. The Kier molecular flexibility index (Phi) is 6.27. The highest BCUT2D eigenvalue weighted by Gasteiger charge is 2.24. The van der Waals surface area contributed by atoms with Crippen LogP contribution in [0.3, 0.4) is 0 Å². The van der Waals surface area contributed by atoms with Gasteiger partial charge >= 0.3 is 5.97 Å². The van der Waals surface area contributed by atoms with Crippen LogP contribution >= 0.6 is 11.8 Å². The van der Waals surface area contributed by atoms with Gasteiger partial charge in [0.2, 0.25) is 0 Å². The molecule has 2 aromatic carbocycles. The molecule has 138 valence electrons. The van der Waals surface area contributed by atoms with E-state index in [1.54, 1.807) is 14.1 Å². The number of rotatable bonds is 6. The predicted molar refractivity (Wildman–Crippen MR) is 102 cm³/mol. The summed E-state index contributed by atoms with van der Waals surface area (Å²) in [5.74, 6) is -0.680. The van der Waals surface area contributed by atoms with Crippen LogP contribution in [-0.2, 0) is 14.8 Å². The lowest BCUT2D eigenvalue weighted by molar-refractivity contribution is 0.0600. The Bertz CT molecular complexity index is 927. The summed E-state index contributed by atoms with van der Waals surface area (Å²) in [4.78, 5) is 14.3. The zero-order chi connectivity index (χ0) is 19.3. The van der Waals surface area contributed by atoms with Crippen LogP contribution in [0.1, 0.15) is 10.4 Å². The zero-order valence-corrected chi connectivity index (χ0v) is 16.2. The fourth-order valence-corrected chi connectivity index (χ4v) is 4.34. The van der Waals surface area contributed by atoms with E-state index in [1.807, 2.05) is 30.3 Å². The van der Waals surface area contributed by atoms with Crippen molar-refractivity contribution < 1.29 is 17.9 Å². The molecule has 0 saturated carbocycles. The van der Waals surface area contributed by atoms with Gasteiger partial charge < -0.3 is 15.4 Å². The van der Waals surface area contributed by atoms with Gasteiger partial charge in [-0.3, -0.25) is 0 Å². The molecule has 9 heteroatoms. The van der Waals surface area contributed by atoms with Crippen molar-refractivity contribution in [2.45, 2.75) is 14.7 Å². The highest BCUT2D eigenvalue weighted by Crippen LogP contribution is 2.38. The lowest BCUT2D eigenvalue weighted by atomic mass is 10.2. The highest BCUT2D eigenvalue weighted by atomic mass is 32.2. The Morgan fingerprint density at radius 2 is 1.88 bits per heavy atom. The van der Waals surface area contributed by atoms with Crippen LogP contribution in [0, 0.1) is 0 Å². The zero-order valence-electron chi connectivity index (χ0n) is 14.5. The number of esters is 1. The highest BCUT2D eigenvalue weighted by molar-refractivity contribution is 8.00. The van der Waals surface area contributed by atoms with Crippen molar-refractivity contribution in [2.24, 2.45) is 4.40 Å². The number of anilines is 1. The van der Waals surface area contributed by atoms with E-state index >= 15 is 0 Å². The van der Waals surface area contributed by atoms with Gasteiger partial charge in [-0.05, 0) is 24.3 Å². The van der Waals surface area contributed by atoms with Crippen LogP contribution in [-0.4, -0.2) is 46.8 Å². The summed E-state index contributed by atoms with van der Waals surface area (Å²) < 4.78 is 33.8. The van der Waals surface area contributed by atoms with Gasteiger partial charge in [0, 0.05) is 24.7 Å². The van der Waals surface area contributed by atoms with Gasteiger partial charge in [-0.1, -0.05) is 30.0 Å². The first-order valence-corrected chi connectivity index (χ1v) is 9.72. The number of ether oxygens (including phenoxy) is 1. The summed E-state index contributed by atoms with van der Waals surface area (Å²) in [6, 6.07) is 11.8. The Morgan fingerprint density at radius 3 is 2.46 bits per heavy atom. The van der Waals surface area contributed by atoms with E-state index in [0.717, 1.165) is 4.90 Å². The maximum atomic E-state index is 12.7. The molecule has 2 rings (SSSR count). The molecule has 0 fully saturated rings. The van der Waals surface area contributed by atoms with Crippen molar-refractivity contribution in [2.75, 3.05) is 26.9 Å². The molecule has 0 heterocycles. The van der Waals surface area contributed by atoms with Gasteiger partial charge in [0.1, 0.15) is 11.2 Å². The molecule has 0 aliphatic carbocycles. The number of nitrogens with zero attached hydrogens (tertiary/aromatic N) is 2. The second-order valence-corrected chi connectivity index (χ2v) is 8.14. The Hall–Kier alpha value is -2.52. The summed E-state index contributed by atoms with van der Waals surface area (Å²) in [5, 5.41) is 0. The topological polar surface area (TPSA) is 102 Å². The van der Waals surface area contributed by atoms with Gasteiger partial charge in [0.25, 0.3) is 10.0 Å². The number of sulfonamides is 1. The fourth-order valence-electron chi connectivity index (χ4n) is 1.98. The summed E-state index contributed by atoms with van der Waals surface area (Å²) >= 11 is 1.19. The number of hydrogen-bond acceptors (Lipinski definition) is 6. The molecule has 7 nitrogen and oxygen atoms in total. The Morgan fingerprint density at radius 1 is 1.23 bits per heavy atom. The molecule has 0 amide bonds. The molecule has 0 spiro atoms. The van der Waals surface area contributed by atoms with Crippen LogP contribution in [0.2, 0.25) is 0 Å². The third-order valence-electron chi connectivity index (χ3n) is 3.16. The third kappa shape index (κ3) is 4.77. The second kappa shape index (κ2) is 8.24. The summed E-state index contributed by atoms with van der Waals surface area (Å²) in [6.45, 7) is 0. The van der Waals surface area contributed by atoms with E-state index in [-0.39, 0.29) is 16.1 Å². The van der Waals surface area contributed by atoms with Gasteiger partial charge in [-0.15, -0.1) is 4.40 Å². The van der Waals surface area contributed by atoms with E-state index in [9.17, 15) is 13.2 Å². The molecule has 0 saturated heterocycles. The minimum absolute atomic E-state index is 0.0426. The van der Waals surface area contributed by atoms with E-state index in [2.05, 4.69) is 9.13 Å². The largest absolute Gasteiger partial charge is 0.465 e. The molecule has 0 aromatic heterocycles. The number of hydrogen-bond donors (Lipinski definition) is 1. The molecule has 26 heavy (non-hydrogen) atoms. The number of carbonyl (C=O) groups excluding carboxylic acids is 1. The quantitative estimate of drug-likeness (QED) is 0.348. The number of methoxy groups -OCH3 is 1. The van der Waals surface area contributed by atoms with Crippen molar-refractivity contribution >= 4 is 39.8 Å². The average molecular weight is 393 g/mol. The van der Waals surface area contributed by atoms with Crippen LogP contribution < -0.4 is 5.73 Å². The lowest BCUT2D eigenvalue weighted by Crippen LogP contribution is -2.12. The molecule has 0 atom stereocenters. The summed E-state index contributed by atoms with van der Waals surface area (Å²) in [6.07, 6.45) is 1.17. The SMILES string of the molecule is COC(=O)c1cc(N)c(Sc2ccccc2)c(S(=O)(=O)N=CN(C)C)c1. The average Bonchev–Trinajstić information content (AvgIpc) is 2.61. The monoisotopic (exact) mass is 393 g/mol. The normalized spacial score (nSPS) is 11.5. The molecule has 0 bridgehead atoms. The smallest absolute Gasteiger partial charge is 0.337 e. The molecule has 0 aliphatic heterocycles. The lowest BCUT2D eigenvalue weighted by Gasteiger charge is -2.13. The fraction of sp³-hybridized carbons (Fsp3) is 0.176. The first kappa shape index (κ1) is 19.8. The molecule has 0 radical (unpaired) electrons. The minimum atomic E-state index is -4.07. The first-order chi connectivity index (χ1) is 12.2. The van der Waals surface area contributed by atoms with Crippen LogP contribution in [0.25, 0.3) is 0 Å². The predicted octanol–water partition coefficient (Wildman–Crippen LogP) is 2.49. The van der Waals surface area contributed by atoms with Gasteiger partial charge in [-0.2, -0.15) is 8.42 Å². The van der Waals surface area contributed by atoms with Crippen molar-refractivity contribution in [1.82, 2.24) is 4.90 Å². The van der Waals surface area contributed by atoms with Crippen LogP contribution in [0.15, 0.2) is 61.5 Å². The molecular formula is C17H19N3O4S2. The van der Waals surface area contributed by atoms with Crippen molar-refractivity contribution in [1.29, 1.82) is 0 Å². The molecule has 2 N–H and O–H groups in total. The molecule has 0 aliphatic rings. The maximum Gasteiger partial charge on any atom is 0.337 e. The molecular weight excluding hydrogens is 374 g/mol. The van der Waals surface area contributed by atoms with E-state index < -0.39 is 16.0 Å². The van der Waals surface area contributed by atoms with Gasteiger partial charge in [0.15, 0.2) is 0 Å². The first-order valence-electron chi connectivity index (χ1n) is 7.46. The summed E-state index contributed by atoms with van der Waals surface area (Å²) in [5.41, 5.74) is 6.26. The van der Waals surface area contributed by atoms with Crippen LogP contribution in [0.4, 0.5) is 5.69 Å². The Balaban J connectivity index is 2.64. The maximum absolute atomic E-state index is 12.7. The van der Waals surface area contributed by atoms with Crippen molar-refractivity contribution in [3.8, 4) is 0 Å². The number of nitrogens with two attached hydrogens (primary N) is 1. The molecule has 0 unspecified atom stereocenters. The summed E-state index contributed by atoms with van der Waals surface area (Å²) in [7, 11) is 0.440. The van der Waals surface area contributed by atoms with Gasteiger partial charge in [0.05, 0.1) is 17.6 Å². The number of nitrogen functional groups attached to an aromatic ring is 1. The Labute approximate surface area is 156 Å². The number of benzene rings is 2. The van der Waals surface area contributed by atoms with Crippen molar-refractivity contribution in [3.05, 3.63) is 48.0 Å².